The van der Waals surface area contributed by atoms with Crippen molar-refractivity contribution in [2.45, 2.75) is 64.7 Å². The van der Waals surface area contributed by atoms with E-state index in [-0.39, 0.29) is 0 Å². The van der Waals surface area contributed by atoms with Crippen LogP contribution in [-0.4, -0.2) is 9.97 Å². The largest absolute Gasteiger partial charge is 0.348 e. The van der Waals surface area contributed by atoms with E-state index in [9.17, 15) is 0 Å². The first kappa shape index (κ1) is 20.1. The minimum absolute atomic E-state index is 1.18. The Morgan fingerprint density at radius 3 is 2.00 bits per heavy atom. The SMILES string of the molecule is C#CC#CC#CC#CC#CC.c1nc2c([nH]1)CCCCCCCCC2. The number of nitrogens with zero attached hydrogens (tertiary/aromatic N) is 1. The van der Waals surface area contributed by atoms with Gasteiger partial charge in [-0.2, -0.15) is 0 Å². The summed E-state index contributed by atoms with van der Waals surface area (Å²) < 4.78 is 0. The van der Waals surface area contributed by atoms with Gasteiger partial charge in [-0.1, -0.05) is 38.0 Å². The van der Waals surface area contributed by atoms with Crippen LogP contribution in [0.3, 0.4) is 0 Å². The molecule has 2 heteroatoms. The maximum absolute atomic E-state index is 4.84. The van der Waals surface area contributed by atoms with E-state index in [4.69, 9.17) is 6.42 Å². The molecule has 0 radical (unpaired) electrons. The van der Waals surface area contributed by atoms with Crippen molar-refractivity contribution >= 4 is 0 Å². The van der Waals surface area contributed by atoms with Crippen molar-refractivity contribution in [2.75, 3.05) is 0 Å². The third kappa shape index (κ3) is 10.4. The smallest absolute Gasteiger partial charge is 0.0925 e. The summed E-state index contributed by atoms with van der Waals surface area (Å²) in [4.78, 5) is 7.69. The molecule has 2 rings (SSSR count). The van der Waals surface area contributed by atoms with Gasteiger partial charge in [-0.15, -0.1) is 6.42 Å². The molecule has 1 aromatic heterocycles. The van der Waals surface area contributed by atoms with E-state index in [0.29, 0.717) is 0 Å². The number of fused-ring (bicyclic) bond motifs is 1. The molecule has 126 valence electrons. The highest BCUT2D eigenvalue weighted by atomic mass is 14.9. The lowest BCUT2D eigenvalue weighted by Crippen LogP contribution is -1.93. The molecule has 0 aromatic carbocycles. The van der Waals surface area contributed by atoms with Crippen LogP contribution < -0.4 is 0 Å². The van der Waals surface area contributed by atoms with Crippen LogP contribution in [0.25, 0.3) is 0 Å². The zero-order valence-electron chi connectivity index (χ0n) is 15.0. The average molecular weight is 328 g/mol. The van der Waals surface area contributed by atoms with Gasteiger partial charge in [-0.3, -0.25) is 0 Å². The van der Waals surface area contributed by atoms with Crippen LogP contribution in [0, 0.1) is 59.7 Å². The summed E-state index contributed by atoms with van der Waals surface area (Å²) in [6.07, 6.45) is 18.8. The molecule has 0 saturated carbocycles. The van der Waals surface area contributed by atoms with Crippen molar-refractivity contribution in [1.82, 2.24) is 9.97 Å². The molecule has 0 saturated heterocycles. The number of rotatable bonds is 0. The van der Waals surface area contributed by atoms with Gasteiger partial charge >= 0.3 is 0 Å². The molecule has 0 atom stereocenters. The molecule has 0 unspecified atom stereocenters. The topological polar surface area (TPSA) is 28.7 Å². The molecular weight excluding hydrogens is 304 g/mol. The van der Waals surface area contributed by atoms with E-state index < -0.39 is 0 Å². The van der Waals surface area contributed by atoms with Crippen LogP contribution in [0.2, 0.25) is 0 Å². The summed E-state index contributed by atoms with van der Waals surface area (Å²) in [6, 6.07) is 0. The van der Waals surface area contributed by atoms with E-state index in [1.54, 1.807) is 6.92 Å². The van der Waals surface area contributed by atoms with E-state index in [1.165, 1.54) is 69.2 Å². The lowest BCUT2D eigenvalue weighted by atomic mass is 10.1. The van der Waals surface area contributed by atoms with Crippen LogP contribution in [0.4, 0.5) is 0 Å². The zero-order valence-corrected chi connectivity index (χ0v) is 15.0. The van der Waals surface area contributed by atoms with Gasteiger partial charge in [0.15, 0.2) is 0 Å². The Morgan fingerprint density at radius 1 is 0.800 bits per heavy atom. The standard InChI is InChI=1S/C12H20N2.C11H4/c1-2-4-6-8-11-12(14-10-13-11)9-7-5-3-1;1-3-5-7-9-11-10-8-6-4-2/h10H,1-9H2,(H,13,14);1H,2H3. The molecule has 1 N–H and O–H groups in total. The van der Waals surface area contributed by atoms with Crippen molar-refractivity contribution in [3.05, 3.63) is 17.7 Å². The van der Waals surface area contributed by atoms with Crippen LogP contribution in [0.5, 0.6) is 0 Å². The van der Waals surface area contributed by atoms with Gasteiger partial charge in [0.25, 0.3) is 0 Å². The van der Waals surface area contributed by atoms with Crippen molar-refractivity contribution in [3.63, 3.8) is 0 Å². The highest BCUT2D eigenvalue weighted by Crippen LogP contribution is 2.16. The number of hydrogen-bond acceptors (Lipinski definition) is 1. The third-order valence-corrected chi connectivity index (χ3v) is 3.72. The quantitative estimate of drug-likeness (QED) is 0.719. The van der Waals surface area contributed by atoms with Crippen molar-refractivity contribution in [3.8, 4) is 59.7 Å². The van der Waals surface area contributed by atoms with Gasteiger partial charge in [0.2, 0.25) is 0 Å². The summed E-state index contributed by atoms with van der Waals surface area (Å²) in [5.41, 5.74) is 2.72. The molecule has 1 aliphatic rings. The highest BCUT2D eigenvalue weighted by Gasteiger charge is 2.06. The van der Waals surface area contributed by atoms with Gasteiger partial charge in [0.1, 0.15) is 0 Å². The fourth-order valence-corrected chi connectivity index (χ4v) is 2.51. The molecule has 25 heavy (non-hydrogen) atoms. The Bertz CT molecular complexity index is 765. The normalized spacial score (nSPS) is 12.6. The highest BCUT2D eigenvalue weighted by molar-refractivity contribution is 5.41. The minimum Gasteiger partial charge on any atom is -0.348 e. The predicted molar refractivity (Wildman–Crippen MR) is 104 cm³/mol. The van der Waals surface area contributed by atoms with Crippen LogP contribution in [0.1, 0.15) is 63.3 Å². The third-order valence-electron chi connectivity index (χ3n) is 3.72. The second-order valence-electron chi connectivity index (χ2n) is 5.57. The van der Waals surface area contributed by atoms with E-state index in [1.807, 2.05) is 6.33 Å². The number of hydrogen-bond donors (Lipinski definition) is 1. The van der Waals surface area contributed by atoms with Crippen molar-refractivity contribution in [1.29, 1.82) is 0 Å². The molecular formula is C23H24N2. The molecule has 0 fully saturated rings. The Kier molecular flexibility index (Phi) is 11.7. The lowest BCUT2D eigenvalue weighted by Gasteiger charge is -2.00. The van der Waals surface area contributed by atoms with E-state index in [2.05, 4.69) is 63.3 Å². The molecule has 0 amide bonds. The number of imidazole rings is 1. The predicted octanol–water partition coefficient (Wildman–Crippen LogP) is 3.89. The number of terminal acetylenes is 1. The van der Waals surface area contributed by atoms with Crippen LogP contribution in [-0.2, 0) is 12.8 Å². The first-order chi connectivity index (χ1) is 12.4. The fourth-order valence-electron chi connectivity index (χ4n) is 2.51. The first-order valence-corrected chi connectivity index (χ1v) is 8.77. The lowest BCUT2D eigenvalue weighted by molar-refractivity contribution is 0.586. The second-order valence-corrected chi connectivity index (χ2v) is 5.57. The molecule has 2 nitrogen and oxygen atoms in total. The number of H-pyrrole nitrogens is 1. The summed E-state index contributed by atoms with van der Waals surface area (Å²) >= 11 is 0. The van der Waals surface area contributed by atoms with Gasteiger partial charge in [0, 0.05) is 5.69 Å². The molecule has 0 bridgehead atoms. The maximum Gasteiger partial charge on any atom is 0.0925 e. The molecule has 1 aliphatic carbocycles. The van der Waals surface area contributed by atoms with E-state index in [0.717, 1.165) is 0 Å². The number of nitrogens with one attached hydrogen (secondary N) is 1. The Morgan fingerprint density at radius 2 is 1.36 bits per heavy atom. The summed E-state index contributed by atoms with van der Waals surface area (Å²) in [5, 5.41) is 0. The van der Waals surface area contributed by atoms with E-state index >= 15 is 0 Å². The van der Waals surface area contributed by atoms with Crippen molar-refractivity contribution < 1.29 is 0 Å². The second kappa shape index (κ2) is 14.6. The Labute approximate surface area is 152 Å². The fraction of sp³-hybridized carbons (Fsp3) is 0.435. The number of aromatic amines is 1. The van der Waals surface area contributed by atoms with Gasteiger partial charge in [-0.25, -0.2) is 4.98 Å². The molecule has 1 aromatic rings. The van der Waals surface area contributed by atoms with Crippen molar-refractivity contribution in [2.24, 2.45) is 0 Å². The van der Waals surface area contributed by atoms with Crippen LogP contribution in [0.15, 0.2) is 6.33 Å². The maximum atomic E-state index is 4.84. The molecule has 1 heterocycles. The monoisotopic (exact) mass is 328 g/mol. The first-order valence-electron chi connectivity index (χ1n) is 8.77. The van der Waals surface area contributed by atoms with Crippen LogP contribution >= 0.6 is 0 Å². The molecule has 0 spiro atoms. The molecule has 0 aliphatic heterocycles. The Hall–Kier alpha value is -2.99. The van der Waals surface area contributed by atoms with Gasteiger partial charge < -0.3 is 4.98 Å². The number of aromatic nitrogens is 2. The summed E-state index contributed by atoms with van der Waals surface area (Å²) in [6.45, 7) is 1.71. The summed E-state index contributed by atoms with van der Waals surface area (Å²) in [7, 11) is 0. The minimum atomic E-state index is 1.18. The average Bonchev–Trinajstić information content (AvgIpc) is 3.05. The number of aryl methyl sites for hydroxylation is 2. The zero-order chi connectivity index (χ0) is 18.0. The van der Waals surface area contributed by atoms with Gasteiger partial charge in [-0.05, 0) is 80.0 Å². The Balaban J connectivity index is 0.000000260. The summed E-state index contributed by atoms with van der Waals surface area (Å²) in [5.74, 6) is 22.0. The van der Waals surface area contributed by atoms with Gasteiger partial charge in [0.05, 0.1) is 12.0 Å².